The Hall–Kier alpha value is -3.32. The van der Waals surface area contributed by atoms with Crippen molar-refractivity contribution in [3.8, 4) is 5.75 Å². The Bertz CT molecular complexity index is 1240. The van der Waals surface area contributed by atoms with Crippen LogP contribution >= 0.6 is 0 Å². The minimum absolute atomic E-state index is 0.235. The molecule has 2 aliphatic rings. The first kappa shape index (κ1) is 26.7. The molecule has 7 nitrogen and oxygen atoms in total. The van der Waals surface area contributed by atoms with E-state index < -0.39 is 0 Å². The molecule has 0 bridgehead atoms. The van der Waals surface area contributed by atoms with Gasteiger partial charge < -0.3 is 21.9 Å². The van der Waals surface area contributed by atoms with E-state index in [1.165, 1.54) is 37.7 Å². The van der Waals surface area contributed by atoms with Gasteiger partial charge in [-0.2, -0.15) is 5.10 Å². The Morgan fingerprint density at radius 1 is 1.22 bits per heavy atom. The summed E-state index contributed by atoms with van der Waals surface area (Å²) in [5, 5.41) is 18.3. The average molecular weight is 503 g/mol. The number of nitrogens with zero attached hydrogens (tertiary/aromatic N) is 3. The molecule has 2 aliphatic carbocycles. The van der Waals surface area contributed by atoms with Gasteiger partial charge in [0, 0.05) is 18.3 Å². The zero-order chi connectivity index (χ0) is 26.4. The average Bonchev–Trinajstić information content (AvgIpc) is 3.52. The van der Waals surface area contributed by atoms with Gasteiger partial charge in [0.2, 0.25) is 0 Å². The number of nitrogens with two attached hydrogens (primary N) is 2. The molecule has 2 saturated carbocycles. The summed E-state index contributed by atoms with van der Waals surface area (Å²) >= 11 is 0. The van der Waals surface area contributed by atoms with E-state index in [4.69, 9.17) is 21.6 Å². The number of hydrogen-bond donors (Lipinski definition) is 4. The van der Waals surface area contributed by atoms with Gasteiger partial charge in [-0.15, -0.1) is 6.58 Å². The lowest BCUT2D eigenvalue weighted by molar-refractivity contribution is 0.443. The number of phenolic OH excluding ortho intramolecular Hbond substituents is 1. The molecule has 2 fully saturated rings. The molecule has 2 aromatic heterocycles. The van der Waals surface area contributed by atoms with E-state index in [-0.39, 0.29) is 11.8 Å². The summed E-state index contributed by atoms with van der Waals surface area (Å²) < 4.78 is 1.98. The summed E-state index contributed by atoms with van der Waals surface area (Å²) in [5.41, 5.74) is 18.7. The highest BCUT2D eigenvalue weighted by atomic mass is 16.3. The number of aryl methyl sites for hydroxylation is 1. The van der Waals surface area contributed by atoms with Crippen molar-refractivity contribution in [2.45, 2.75) is 89.6 Å². The van der Waals surface area contributed by atoms with E-state index in [2.05, 4.69) is 24.2 Å². The van der Waals surface area contributed by atoms with Gasteiger partial charge in [0.25, 0.3) is 0 Å². The summed E-state index contributed by atoms with van der Waals surface area (Å²) in [6, 6.07) is 8.04. The smallest absolute Gasteiger partial charge is 0.135 e. The van der Waals surface area contributed by atoms with E-state index in [1.54, 1.807) is 18.2 Å². The number of amidine groups is 1. The molecule has 0 saturated heterocycles. The van der Waals surface area contributed by atoms with Gasteiger partial charge in [-0.25, -0.2) is 9.51 Å². The van der Waals surface area contributed by atoms with Gasteiger partial charge in [0.15, 0.2) is 0 Å². The first-order chi connectivity index (χ1) is 17.9. The fraction of sp³-hybridized carbons (Fsp3) is 0.467. The molecule has 0 aliphatic heterocycles. The molecule has 2 heterocycles. The second-order valence-electron chi connectivity index (χ2n) is 10.4. The molecule has 2 atom stereocenters. The van der Waals surface area contributed by atoms with Gasteiger partial charge in [-0.3, -0.25) is 0 Å². The lowest BCUT2D eigenvalue weighted by Crippen LogP contribution is -2.24. The van der Waals surface area contributed by atoms with Crippen molar-refractivity contribution >= 4 is 22.7 Å². The normalized spacial score (nSPS) is 20.5. The third-order valence-corrected chi connectivity index (χ3v) is 7.52. The number of phenols is 1. The van der Waals surface area contributed by atoms with Crippen LogP contribution in [-0.4, -0.2) is 32.6 Å². The molecule has 7 heteroatoms. The van der Waals surface area contributed by atoms with Crippen LogP contribution in [0.15, 0.2) is 54.3 Å². The first-order valence-electron chi connectivity index (χ1n) is 13.7. The summed E-state index contributed by atoms with van der Waals surface area (Å²) in [4.78, 5) is 4.76. The highest BCUT2D eigenvalue weighted by molar-refractivity contribution is 6.06. The number of hydrogen-bond acceptors (Lipinski definition) is 5. The first-order valence-corrected chi connectivity index (χ1v) is 13.7. The van der Waals surface area contributed by atoms with Crippen LogP contribution in [0.5, 0.6) is 5.75 Å². The molecule has 37 heavy (non-hydrogen) atoms. The standard InChI is InChI=1S/C27H36N6O.C3H6/c1-2-17-12-22(34)10-11-24(17)32-27(29)23-15-30-33-16-19(18-6-4-3-5-7-18)13-25(33)26(23)31-21-9-8-20(28)14-21;1-3-2/h10-13,15-16,18,20-21,31,34H,2-9,14,28H2,1H3,(H2,29,32);3H,1H2,2H3. The SMILES string of the molecule is C=CC.CCc1cc(O)ccc1N=C(N)c1cnn2cc(C3CCCCC3)cc2c1NC1CCC(N)C1. The Kier molecular flexibility index (Phi) is 8.87. The number of aromatic nitrogens is 2. The van der Waals surface area contributed by atoms with Gasteiger partial charge in [-0.1, -0.05) is 32.3 Å². The molecule has 3 aromatic rings. The minimum atomic E-state index is 0.235. The van der Waals surface area contributed by atoms with Crippen molar-refractivity contribution in [1.29, 1.82) is 0 Å². The van der Waals surface area contributed by atoms with Crippen LogP contribution in [0, 0.1) is 0 Å². The predicted molar refractivity (Wildman–Crippen MR) is 154 cm³/mol. The summed E-state index contributed by atoms with van der Waals surface area (Å²) in [7, 11) is 0. The minimum Gasteiger partial charge on any atom is -0.508 e. The molecule has 0 spiro atoms. The molecule has 6 N–H and O–H groups in total. The lowest BCUT2D eigenvalue weighted by atomic mass is 9.85. The zero-order valence-corrected chi connectivity index (χ0v) is 22.3. The van der Waals surface area contributed by atoms with Crippen LogP contribution in [0.25, 0.3) is 5.52 Å². The maximum Gasteiger partial charge on any atom is 0.135 e. The van der Waals surface area contributed by atoms with Gasteiger partial charge in [0.1, 0.15) is 11.6 Å². The van der Waals surface area contributed by atoms with Gasteiger partial charge in [-0.05, 0) is 86.8 Å². The highest BCUT2D eigenvalue weighted by Crippen LogP contribution is 2.36. The van der Waals surface area contributed by atoms with E-state index in [9.17, 15) is 5.11 Å². The molecule has 2 unspecified atom stereocenters. The number of anilines is 1. The summed E-state index contributed by atoms with van der Waals surface area (Å²) in [6.45, 7) is 7.29. The molecular formula is C30H42N6O. The van der Waals surface area contributed by atoms with Crippen LogP contribution in [0.3, 0.4) is 0 Å². The Labute approximate surface area is 220 Å². The maximum atomic E-state index is 9.86. The topological polar surface area (TPSA) is 114 Å². The third kappa shape index (κ3) is 6.34. The quantitative estimate of drug-likeness (QED) is 0.183. The molecule has 0 amide bonds. The van der Waals surface area contributed by atoms with Crippen LogP contribution in [0.2, 0.25) is 0 Å². The fourth-order valence-electron chi connectivity index (χ4n) is 5.59. The number of nitrogens with one attached hydrogen (secondary N) is 1. The number of benzene rings is 1. The number of aliphatic imine (C=N–C) groups is 1. The van der Waals surface area contributed by atoms with Gasteiger partial charge >= 0.3 is 0 Å². The lowest BCUT2D eigenvalue weighted by Gasteiger charge is -2.20. The Balaban J connectivity index is 0.00000102. The third-order valence-electron chi connectivity index (χ3n) is 7.52. The molecule has 5 rings (SSSR count). The molecule has 198 valence electrons. The van der Waals surface area contributed by atoms with Crippen molar-refractivity contribution < 1.29 is 5.11 Å². The van der Waals surface area contributed by atoms with Crippen LogP contribution in [-0.2, 0) is 6.42 Å². The van der Waals surface area contributed by atoms with Crippen molar-refractivity contribution in [3.05, 3.63) is 66.0 Å². The van der Waals surface area contributed by atoms with E-state index in [1.807, 2.05) is 30.6 Å². The Morgan fingerprint density at radius 2 is 1.97 bits per heavy atom. The number of aromatic hydroxyl groups is 1. The van der Waals surface area contributed by atoms with E-state index >= 15 is 0 Å². The predicted octanol–water partition coefficient (Wildman–Crippen LogP) is 6.17. The fourth-order valence-corrected chi connectivity index (χ4v) is 5.59. The number of allylic oxidation sites excluding steroid dienone is 1. The largest absolute Gasteiger partial charge is 0.508 e. The number of fused-ring (bicyclic) bond motifs is 1. The van der Waals surface area contributed by atoms with Crippen LogP contribution in [0.1, 0.15) is 87.8 Å². The maximum absolute atomic E-state index is 9.86. The zero-order valence-electron chi connectivity index (χ0n) is 22.3. The Morgan fingerprint density at radius 3 is 2.65 bits per heavy atom. The number of rotatable bonds is 6. The van der Waals surface area contributed by atoms with E-state index in [0.29, 0.717) is 17.8 Å². The summed E-state index contributed by atoms with van der Waals surface area (Å²) in [5.74, 6) is 1.25. The van der Waals surface area contributed by atoms with Crippen molar-refractivity contribution in [2.75, 3.05) is 5.32 Å². The molecule has 1 aromatic carbocycles. The highest BCUT2D eigenvalue weighted by Gasteiger charge is 2.25. The van der Waals surface area contributed by atoms with Gasteiger partial charge in [0.05, 0.1) is 28.7 Å². The van der Waals surface area contributed by atoms with Crippen molar-refractivity contribution in [1.82, 2.24) is 9.61 Å². The van der Waals surface area contributed by atoms with Crippen molar-refractivity contribution in [3.63, 3.8) is 0 Å². The van der Waals surface area contributed by atoms with E-state index in [0.717, 1.165) is 53.7 Å². The monoisotopic (exact) mass is 502 g/mol. The second kappa shape index (κ2) is 12.3. The molecule has 0 radical (unpaired) electrons. The van der Waals surface area contributed by atoms with Crippen LogP contribution < -0.4 is 16.8 Å². The second-order valence-corrected chi connectivity index (χ2v) is 10.4. The summed E-state index contributed by atoms with van der Waals surface area (Å²) in [6.07, 6.45) is 15.9. The van der Waals surface area contributed by atoms with Crippen molar-refractivity contribution in [2.24, 2.45) is 16.5 Å². The molecular weight excluding hydrogens is 460 g/mol. The van der Waals surface area contributed by atoms with Crippen LogP contribution in [0.4, 0.5) is 11.4 Å².